The van der Waals surface area contributed by atoms with Crippen molar-refractivity contribution in [3.8, 4) is 0 Å². The van der Waals surface area contributed by atoms with Crippen LogP contribution in [0.4, 0.5) is 0 Å². The number of piperidine rings is 2. The van der Waals surface area contributed by atoms with Crippen LogP contribution in [0.25, 0.3) is 21.8 Å². The molecular weight excluding hydrogens is 849 g/mol. The summed E-state index contributed by atoms with van der Waals surface area (Å²) in [5, 5.41) is 12.2. The standard InChI is InChI=1S/C30H38N2O3.C28H34N2O3/c1-3-35-29(34)30(17-21-31(22-18-30)19-7-11-25-9-5-4-6-10-25)16-8-20-32-27-23-24(2)12-13-26(27)14-15-28(32)33;1-22-10-11-24-12-13-26(31)30(25(24)21-22)18-6-14-28(27(32)33)15-19-29(20-16-28)17-5-9-23-7-3-2-4-8-23/h4-6,9-10,12-15,23H,3,7-8,11,16-22H2,1-2H3;2-4,7-8,10-13,21H,5-6,9,14-20H2,1H3,(H,32,33). The minimum absolute atomic E-state index is 0.0153. The molecule has 0 unspecified atom stereocenters. The Morgan fingerprint density at radius 2 is 0.956 bits per heavy atom. The first-order valence-electron chi connectivity index (χ1n) is 25.1. The molecule has 0 atom stereocenters. The van der Waals surface area contributed by atoms with E-state index in [0.29, 0.717) is 45.4 Å². The van der Waals surface area contributed by atoms with E-state index in [1.54, 1.807) is 16.7 Å². The first-order valence-corrected chi connectivity index (χ1v) is 25.1. The zero-order chi connectivity index (χ0) is 47.9. The summed E-state index contributed by atoms with van der Waals surface area (Å²) in [7, 11) is 0. The van der Waals surface area contributed by atoms with Gasteiger partial charge in [0.15, 0.2) is 0 Å². The number of aryl methyl sites for hydroxylation is 6. The summed E-state index contributed by atoms with van der Waals surface area (Å²) in [5.74, 6) is -0.752. The maximum atomic E-state index is 13.1. The van der Waals surface area contributed by atoms with Crippen molar-refractivity contribution in [2.75, 3.05) is 45.9 Å². The van der Waals surface area contributed by atoms with Crippen LogP contribution in [0.2, 0.25) is 0 Å². The van der Waals surface area contributed by atoms with E-state index < -0.39 is 16.8 Å². The summed E-state index contributed by atoms with van der Waals surface area (Å²) in [6, 6.07) is 40.5. The van der Waals surface area contributed by atoms with Gasteiger partial charge >= 0.3 is 11.9 Å². The first-order chi connectivity index (χ1) is 33.0. The van der Waals surface area contributed by atoms with Gasteiger partial charge in [0.25, 0.3) is 11.1 Å². The lowest BCUT2D eigenvalue weighted by atomic mass is 9.74. The van der Waals surface area contributed by atoms with Gasteiger partial charge in [-0.05, 0) is 194 Å². The summed E-state index contributed by atoms with van der Waals surface area (Å²) < 4.78 is 9.21. The van der Waals surface area contributed by atoms with Crippen LogP contribution in [0.5, 0.6) is 0 Å². The molecule has 8 rings (SSSR count). The molecule has 360 valence electrons. The highest BCUT2D eigenvalue weighted by Crippen LogP contribution is 2.39. The molecule has 4 heterocycles. The topological polar surface area (TPSA) is 114 Å². The number of carbonyl (C=O) groups excluding carboxylic acids is 1. The second kappa shape index (κ2) is 23.9. The Kier molecular flexibility index (Phi) is 17.6. The number of pyridine rings is 2. The molecule has 1 N–H and O–H groups in total. The van der Waals surface area contributed by atoms with Gasteiger partial charge in [0.2, 0.25) is 0 Å². The number of aromatic nitrogens is 2. The molecule has 0 saturated carbocycles. The monoisotopic (exact) mass is 921 g/mol. The third-order valence-corrected chi connectivity index (χ3v) is 14.7. The summed E-state index contributed by atoms with van der Waals surface area (Å²) in [4.78, 5) is 55.4. The Morgan fingerprint density at radius 1 is 0.544 bits per heavy atom. The van der Waals surface area contributed by atoms with Crippen LogP contribution in [0.3, 0.4) is 0 Å². The maximum Gasteiger partial charge on any atom is 0.312 e. The quantitative estimate of drug-likeness (QED) is 0.0799. The molecule has 2 fully saturated rings. The molecule has 0 bridgehead atoms. The highest BCUT2D eigenvalue weighted by Gasteiger charge is 2.42. The molecule has 2 aromatic heterocycles. The number of nitrogens with zero attached hydrogens (tertiary/aromatic N) is 4. The van der Waals surface area contributed by atoms with Crippen molar-refractivity contribution in [3.63, 3.8) is 0 Å². The highest BCUT2D eigenvalue weighted by molar-refractivity contribution is 5.80. The van der Waals surface area contributed by atoms with Gasteiger partial charge in [-0.2, -0.15) is 0 Å². The number of carboxylic acids is 1. The third kappa shape index (κ3) is 13.0. The van der Waals surface area contributed by atoms with Gasteiger partial charge in [-0.1, -0.05) is 84.9 Å². The largest absolute Gasteiger partial charge is 0.481 e. The van der Waals surface area contributed by atoms with Crippen molar-refractivity contribution in [3.05, 3.63) is 164 Å². The van der Waals surface area contributed by atoms with Crippen LogP contribution in [0, 0.1) is 24.7 Å². The van der Waals surface area contributed by atoms with Crippen molar-refractivity contribution in [1.82, 2.24) is 18.9 Å². The van der Waals surface area contributed by atoms with Crippen LogP contribution in [0.1, 0.15) is 93.4 Å². The number of likely N-dealkylation sites (tertiary alicyclic amines) is 2. The van der Waals surface area contributed by atoms with Crippen LogP contribution in [-0.4, -0.2) is 81.9 Å². The van der Waals surface area contributed by atoms with Crippen molar-refractivity contribution >= 4 is 33.7 Å². The molecule has 0 spiro atoms. The fourth-order valence-corrected chi connectivity index (χ4v) is 10.5. The third-order valence-electron chi connectivity index (χ3n) is 14.7. The number of hydrogen-bond acceptors (Lipinski definition) is 7. The highest BCUT2D eigenvalue weighted by atomic mass is 16.5. The zero-order valence-electron chi connectivity index (χ0n) is 40.7. The molecular formula is C58H72N4O6. The smallest absolute Gasteiger partial charge is 0.312 e. The lowest BCUT2D eigenvalue weighted by Crippen LogP contribution is -2.45. The van der Waals surface area contributed by atoms with Gasteiger partial charge in [0.1, 0.15) is 0 Å². The van der Waals surface area contributed by atoms with E-state index in [-0.39, 0.29) is 17.1 Å². The number of esters is 1. The van der Waals surface area contributed by atoms with E-state index in [4.69, 9.17) is 4.74 Å². The van der Waals surface area contributed by atoms with Gasteiger partial charge in [-0.15, -0.1) is 0 Å². The van der Waals surface area contributed by atoms with Gasteiger partial charge in [-0.25, -0.2) is 0 Å². The Labute approximate surface area is 402 Å². The van der Waals surface area contributed by atoms with Gasteiger partial charge in [0, 0.05) is 25.2 Å². The SMILES string of the molecule is CCOC(=O)C1(CCCn2c(=O)ccc3ccc(C)cc32)CCN(CCCc2ccccc2)CC1.Cc1ccc2ccc(=O)n(CCCC3(C(=O)O)CCN(CCCc4ccccc4)CC3)c2c1. The maximum absolute atomic E-state index is 13.1. The Hall–Kier alpha value is -5.84. The van der Waals surface area contributed by atoms with Gasteiger partial charge < -0.3 is 28.8 Å². The van der Waals surface area contributed by atoms with Crippen LogP contribution >= 0.6 is 0 Å². The number of carbonyl (C=O) groups is 2. The number of ether oxygens (including phenoxy) is 1. The minimum Gasteiger partial charge on any atom is -0.481 e. The lowest BCUT2D eigenvalue weighted by molar-refractivity contribution is -0.159. The van der Waals surface area contributed by atoms with Crippen LogP contribution in [0.15, 0.2) is 131 Å². The van der Waals surface area contributed by atoms with E-state index in [1.165, 1.54) is 11.1 Å². The zero-order valence-corrected chi connectivity index (χ0v) is 40.7. The first kappa shape index (κ1) is 50.0. The number of benzene rings is 4. The second-order valence-corrected chi connectivity index (χ2v) is 19.4. The van der Waals surface area contributed by atoms with Gasteiger partial charge in [-0.3, -0.25) is 19.2 Å². The van der Waals surface area contributed by atoms with Crippen LogP contribution < -0.4 is 11.1 Å². The number of hydrogen-bond donors (Lipinski definition) is 1. The average molecular weight is 921 g/mol. The predicted molar refractivity (Wildman–Crippen MR) is 274 cm³/mol. The predicted octanol–water partition coefficient (Wildman–Crippen LogP) is 10.3. The Bertz CT molecular complexity index is 2700. The van der Waals surface area contributed by atoms with E-state index in [2.05, 4.69) is 82.6 Å². The molecule has 2 aliphatic heterocycles. The molecule has 0 amide bonds. The fourth-order valence-electron chi connectivity index (χ4n) is 10.5. The van der Waals surface area contributed by atoms with Crippen molar-refractivity contribution in [2.24, 2.45) is 10.8 Å². The minimum atomic E-state index is -0.687. The molecule has 0 aliphatic carbocycles. The second-order valence-electron chi connectivity index (χ2n) is 19.4. The van der Waals surface area contributed by atoms with Crippen molar-refractivity contribution < 1.29 is 19.4 Å². The fraction of sp³-hybridized carbons (Fsp3) is 0.448. The molecule has 2 saturated heterocycles. The van der Waals surface area contributed by atoms with E-state index in [9.17, 15) is 24.3 Å². The molecule has 68 heavy (non-hydrogen) atoms. The summed E-state index contributed by atoms with van der Waals surface area (Å²) in [6.45, 7) is 13.1. The molecule has 10 heteroatoms. The lowest BCUT2D eigenvalue weighted by Gasteiger charge is -2.40. The summed E-state index contributed by atoms with van der Waals surface area (Å²) >= 11 is 0. The Balaban J connectivity index is 0.000000202. The normalized spacial score (nSPS) is 16.0. The molecule has 6 aromatic rings. The summed E-state index contributed by atoms with van der Waals surface area (Å²) in [5.41, 5.74) is 5.75. The van der Waals surface area contributed by atoms with Crippen molar-refractivity contribution in [1.29, 1.82) is 0 Å². The number of rotatable bonds is 19. The average Bonchev–Trinajstić information content (AvgIpc) is 3.35. The number of fused-ring (bicyclic) bond motifs is 2. The molecule has 0 radical (unpaired) electrons. The molecule has 4 aromatic carbocycles. The van der Waals surface area contributed by atoms with Crippen LogP contribution in [-0.2, 0) is 40.3 Å². The Morgan fingerprint density at radius 3 is 1.38 bits per heavy atom. The number of carboxylic acid groups (broad SMARTS) is 1. The van der Waals surface area contributed by atoms with Crippen molar-refractivity contribution in [2.45, 2.75) is 111 Å². The van der Waals surface area contributed by atoms with Gasteiger partial charge in [0.05, 0.1) is 28.5 Å². The number of aliphatic carboxylic acids is 1. The van der Waals surface area contributed by atoms with E-state index >= 15 is 0 Å². The molecule has 2 aliphatic rings. The van der Waals surface area contributed by atoms with E-state index in [1.807, 2.05) is 61.7 Å². The molecule has 10 nitrogen and oxygen atoms in total. The summed E-state index contributed by atoms with van der Waals surface area (Å²) in [6.07, 6.45) is 10.2. The van der Waals surface area contributed by atoms with E-state index in [0.717, 1.165) is 124 Å².